The second kappa shape index (κ2) is 6.74. The number of nitrogens with zero attached hydrogens (tertiary/aromatic N) is 2. The average molecular weight is 249 g/mol. The molecule has 1 heterocycles. The third kappa shape index (κ3) is 4.16. The minimum absolute atomic E-state index is 0.0994. The van der Waals surface area contributed by atoms with Crippen LogP contribution in [0.1, 0.15) is 27.2 Å². The number of hydrogen-bond acceptors (Lipinski definition) is 4. The Kier molecular flexibility index (Phi) is 5.30. The van der Waals surface area contributed by atoms with Crippen LogP contribution < -0.4 is 10.2 Å². The first-order valence-corrected chi connectivity index (χ1v) is 6.07. The SMILES string of the molecule is CCN(CC)c1ccc(NC(=O)CC(C)=O)cn1. The number of anilines is 2. The van der Waals surface area contributed by atoms with E-state index in [-0.39, 0.29) is 18.1 Å². The van der Waals surface area contributed by atoms with E-state index in [4.69, 9.17) is 0 Å². The number of hydrogen-bond donors (Lipinski definition) is 1. The van der Waals surface area contributed by atoms with E-state index < -0.39 is 0 Å². The van der Waals surface area contributed by atoms with Gasteiger partial charge in [-0.1, -0.05) is 0 Å². The Labute approximate surface area is 107 Å². The number of ketones is 1. The Hall–Kier alpha value is -1.91. The first-order chi connectivity index (χ1) is 8.56. The molecule has 18 heavy (non-hydrogen) atoms. The van der Waals surface area contributed by atoms with E-state index in [0.717, 1.165) is 18.9 Å². The van der Waals surface area contributed by atoms with Gasteiger partial charge in [-0.15, -0.1) is 0 Å². The van der Waals surface area contributed by atoms with Crippen molar-refractivity contribution in [2.75, 3.05) is 23.3 Å². The van der Waals surface area contributed by atoms with Crippen molar-refractivity contribution in [3.63, 3.8) is 0 Å². The van der Waals surface area contributed by atoms with E-state index >= 15 is 0 Å². The predicted molar refractivity (Wildman–Crippen MR) is 71.7 cm³/mol. The highest BCUT2D eigenvalue weighted by molar-refractivity contribution is 6.03. The van der Waals surface area contributed by atoms with E-state index in [1.807, 2.05) is 6.07 Å². The van der Waals surface area contributed by atoms with Crippen LogP contribution in [0.2, 0.25) is 0 Å². The summed E-state index contributed by atoms with van der Waals surface area (Å²) in [6.45, 7) is 7.29. The van der Waals surface area contributed by atoms with Gasteiger partial charge in [-0.2, -0.15) is 0 Å². The van der Waals surface area contributed by atoms with E-state index in [1.54, 1.807) is 12.3 Å². The molecule has 0 spiro atoms. The molecular formula is C13H19N3O2. The van der Waals surface area contributed by atoms with Gasteiger partial charge in [-0.25, -0.2) is 4.98 Å². The van der Waals surface area contributed by atoms with Gasteiger partial charge in [0.05, 0.1) is 18.3 Å². The van der Waals surface area contributed by atoms with Crippen LogP contribution in [-0.4, -0.2) is 29.8 Å². The highest BCUT2D eigenvalue weighted by Gasteiger charge is 2.07. The van der Waals surface area contributed by atoms with E-state index in [2.05, 4.69) is 29.0 Å². The largest absolute Gasteiger partial charge is 0.357 e. The lowest BCUT2D eigenvalue weighted by Crippen LogP contribution is -2.23. The number of nitrogens with one attached hydrogen (secondary N) is 1. The fourth-order valence-electron chi connectivity index (χ4n) is 1.63. The van der Waals surface area contributed by atoms with Gasteiger partial charge in [0.2, 0.25) is 5.91 Å². The summed E-state index contributed by atoms with van der Waals surface area (Å²) < 4.78 is 0. The van der Waals surface area contributed by atoms with Crippen LogP contribution in [0.5, 0.6) is 0 Å². The third-order valence-electron chi connectivity index (χ3n) is 2.53. The van der Waals surface area contributed by atoms with Crippen LogP contribution in [0.4, 0.5) is 11.5 Å². The normalized spacial score (nSPS) is 9.94. The summed E-state index contributed by atoms with van der Waals surface area (Å²) >= 11 is 0. The molecule has 1 aromatic heterocycles. The van der Waals surface area contributed by atoms with Crippen LogP contribution in [0, 0.1) is 0 Å². The second-order valence-electron chi connectivity index (χ2n) is 4.00. The molecule has 98 valence electrons. The molecule has 1 aromatic rings. The Balaban J connectivity index is 2.65. The van der Waals surface area contributed by atoms with Gasteiger partial charge in [0, 0.05) is 13.1 Å². The van der Waals surface area contributed by atoms with Crippen molar-refractivity contribution < 1.29 is 9.59 Å². The monoisotopic (exact) mass is 249 g/mol. The van der Waals surface area contributed by atoms with Gasteiger partial charge in [-0.05, 0) is 32.9 Å². The fraction of sp³-hybridized carbons (Fsp3) is 0.462. The first kappa shape index (κ1) is 14.2. The fourth-order valence-corrected chi connectivity index (χ4v) is 1.63. The Morgan fingerprint density at radius 1 is 1.28 bits per heavy atom. The summed E-state index contributed by atoms with van der Waals surface area (Å²) in [6.07, 6.45) is 1.50. The zero-order chi connectivity index (χ0) is 13.5. The van der Waals surface area contributed by atoms with Gasteiger partial charge in [0.1, 0.15) is 11.6 Å². The molecular weight excluding hydrogens is 230 g/mol. The molecule has 1 N–H and O–H groups in total. The number of aromatic nitrogens is 1. The van der Waals surface area contributed by atoms with Crippen molar-refractivity contribution in [2.45, 2.75) is 27.2 Å². The Bertz CT molecular complexity index is 411. The van der Waals surface area contributed by atoms with Crippen LogP contribution in [0.25, 0.3) is 0 Å². The van der Waals surface area contributed by atoms with E-state index in [9.17, 15) is 9.59 Å². The molecule has 0 unspecified atom stereocenters. The summed E-state index contributed by atoms with van der Waals surface area (Å²) in [6, 6.07) is 3.65. The second-order valence-corrected chi connectivity index (χ2v) is 4.00. The molecule has 0 radical (unpaired) electrons. The quantitative estimate of drug-likeness (QED) is 0.781. The van der Waals surface area contributed by atoms with Crippen LogP contribution in [-0.2, 0) is 9.59 Å². The summed E-state index contributed by atoms with van der Waals surface area (Å²) in [5.41, 5.74) is 0.608. The van der Waals surface area contributed by atoms with E-state index in [1.165, 1.54) is 6.92 Å². The van der Waals surface area contributed by atoms with Gasteiger partial charge in [0.15, 0.2) is 0 Å². The minimum Gasteiger partial charge on any atom is -0.357 e. The number of Topliss-reactive ketones (excluding diaryl/α,β-unsaturated/α-hetero) is 1. The topological polar surface area (TPSA) is 62.3 Å². The van der Waals surface area contributed by atoms with Gasteiger partial charge in [-0.3, -0.25) is 9.59 Å². The Morgan fingerprint density at radius 3 is 2.39 bits per heavy atom. The predicted octanol–water partition coefficient (Wildman–Crippen LogP) is 1.85. The zero-order valence-corrected chi connectivity index (χ0v) is 11.1. The van der Waals surface area contributed by atoms with Crippen molar-refractivity contribution in [2.24, 2.45) is 0 Å². The van der Waals surface area contributed by atoms with Crippen molar-refractivity contribution in [3.8, 4) is 0 Å². The lowest BCUT2D eigenvalue weighted by Gasteiger charge is -2.19. The first-order valence-electron chi connectivity index (χ1n) is 6.07. The zero-order valence-electron chi connectivity index (χ0n) is 11.1. The maximum atomic E-state index is 11.4. The summed E-state index contributed by atoms with van der Waals surface area (Å²) in [7, 11) is 0. The van der Waals surface area contributed by atoms with Crippen molar-refractivity contribution in [1.82, 2.24) is 4.98 Å². The minimum atomic E-state index is -0.306. The Morgan fingerprint density at radius 2 is 1.94 bits per heavy atom. The molecule has 0 bridgehead atoms. The van der Waals surface area contributed by atoms with Gasteiger partial charge < -0.3 is 10.2 Å². The molecule has 1 rings (SSSR count). The van der Waals surface area contributed by atoms with Crippen molar-refractivity contribution >= 4 is 23.2 Å². The summed E-state index contributed by atoms with van der Waals surface area (Å²) in [5, 5.41) is 2.63. The van der Waals surface area contributed by atoms with E-state index in [0.29, 0.717) is 5.69 Å². The number of amides is 1. The molecule has 5 nitrogen and oxygen atoms in total. The lowest BCUT2D eigenvalue weighted by atomic mass is 10.3. The maximum absolute atomic E-state index is 11.4. The molecule has 5 heteroatoms. The number of rotatable bonds is 6. The van der Waals surface area contributed by atoms with Crippen LogP contribution in [0.15, 0.2) is 18.3 Å². The highest BCUT2D eigenvalue weighted by atomic mass is 16.2. The number of carbonyl (C=O) groups is 2. The average Bonchev–Trinajstić information content (AvgIpc) is 2.31. The van der Waals surface area contributed by atoms with Crippen molar-refractivity contribution in [3.05, 3.63) is 18.3 Å². The standard InChI is InChI=1S/C13H19N3O2/c1-4-16(5-2)12-7-6-11(9-14-12)15-13(18)8-10(3)17/h6-7,9H,4-5,8H2,1-3H3,(H,15,18). The molecule has 0 saturated heterocycles. The molecule has 0 fully saturated rings. The van der Waals surface area contributed by atoms with Crippen LogP contribution in [0.3, 0.4) is 0 Å². The number of pyridine rings is 1. The lowest BCUT2D eigenvalue weighted by molar-refractivity contribution is -0.124. The molecule has 0 saturated carbocycles. The number of carbonyl (C=O) groups excluding carboxylic acids is 2. The van der Waals surface area contributed by atoms with Crippen molar-refractivity contribution in [1.29, 1.82) is 0 Å². The molecule has 0 aromatic carbocycles. The van der Waals surface area contributed by atoms with Gasteiger partial charge in [0.25, 0.3) is 0 Å². The third-order valence-corrected chi connectivity index (χ3v) is 2.53. The summed E-state index contributed by atoms with van der Waals surface area (Å²) in [5.74, 6) is 0.421. The maximum Gasteiger partial charge on any atom is 0.231 e. The molecule has 1 amide bonds. The molecule has 0 aliphatic heterocycles. The molecule has 0 aliphatic rings. The van der Waals surface area contributed by atoms with Gasteiger partial charge >= 0.3 is 0 Å². The molecule has 0 aliphatic carbocycles. The van der Waals surface area contributed by atoms with Crippen LogP contribution >= 0.6 is 0 Å². The smallest absolute Gasteiger partial charge is 0.231 e. The highest BCUT2D eigenvalue weighted by Crippen LogP contribution is 2.13. The summed E-state index contributed by atoms with van der Waals surface area (Å²) in [4.78, 5) is 28.6. The molecule has 0 atom stereocenters.